The Hall–Kier alpha value is -1.96. The first-order chi connectivity index (χ1) is 9.99. The average molecular weight is 311 g/mol. The third-order valence-electron chi connectivity index (χ3n) is 2.67. The molecule has 0 saturated heterocycles. The number of pyridine rings is 1. The van der Waals surface area contributed by atoms with Crippen LogP contribution in [0.15, 0.2) is 22.9 Å². The van der Waals surface area contributed by atoms with Gasteiger partial charge in [-0.25, -0.2) is 13.4 Å². The van der Waals surface area contributed by atoms with Crippen molar-refractivity contribution in [3.05, 3.63) is 24.2 Å². The molecule has 0 N–H and O–H groups in total. The van der Waals surface area contributed by atoms with Crippen molar-refractivity contribution in [1.82, 2.24) is 15.1 Å². The zero-order chi connectivity index (χ0) is 15.3. The minimum atomic E-state index is -2.97. The van der Waals surface area contributed by atoms with Gasteiger partial charge in [0.2, 0.25) is 17.6 Å². The first kappa shape index (κ1) is 15.4. The SMILES string of the molecule is CCOc1ncccc1-c1noc(CCCS(C)(=O)=O)n1. The van der Waals surface area contributed by atoms with Crippen LogP contribution in [0.1, 0.15) is 19.2 Å². The van der Waals surface area contributed by atoms with Crippen molar-refractivity contribution < 1.29 is 17.7 Å². The van der Waals surface area contributed by atoms with Gasteiger partial charge in [0.05, 0.1) is 17.9 Å². The molecule has 0 atom stereocenters. The average Bonchev–Trinajstić information content (AvgIpc) is 2.87. The second-order valence-electron chi connectivity index (χ2n) is 4.53. The molecular weight excluding hydrogens is 294 g/mol. The van der Waals surface area contributed by atoms with Gasteiger partial charge < -0.3 is 9.26 Å². The molecule has 2 aromatic heterocycles. The number of aryl methyl sites for hydroxylation is 1. The summed E-state index contributed by atoms with van der Waals surface area (Å²) >= 11 is 0. The molecule has 0 unspecified atom stereocenters. The Labute approximate surface area is 123 Å². The van der Waals surface area contributed by atoms with E-state index in [2.05, 4.69) is 15.1 Å². The topological polar surface area (TPSA) is 95.2 Å². The van der Waals surface area contributed by atoms with Crippen LogP contribution in [-0.4, -0.2) is 42.2 Å². The van der Waals surface area contributed by atoms with Gasteiger partial charge in [-0.15, -0.1) is 0 Å². The summed E-state index contributed by atoms with van der Waals surface area (Å²) in [5.41, 5.74) is 0.650. The fraction of sp³-hybridized carbons (Fsp3) is 0.462. The number of sulfone groups is 1. The molecule has 0 amide bonds. The summed E-state index contributed by atoms with van der Waals surface area (Å²) < 4.78 is 32.7. The lowest BCUT2D eigenvalue weighted by Crippen LogP contribution is -2.04. The summed E-state index contributed by atoms with van der Waals surface area (Å²) in [6.45, 7) is 2.36. The van der Waals surface area contributed by atoms with Crippen molar-refractivity contribution in [2.24, 2.45) is 0 Å². The highest BCUT2D eigenvalue weighted by molar-refractivity contribution is 7.90. The minimum absolute atomic E-state index is 0.0990. The zero-order valence-corrected chi connectivity index (χ0v) is 12.8. The van der Waals surface area contributed by atoms with E-state index in [4.69, 9.17) is 9.26 Å². The first-order valence-electron chi connectivity index (χ1n) is 6.58. The van der Waals surface area contributed by atoms with E-state index >= 15 is 0 Å². The number of ether oxygens (including phenoxy) is 1. The van der Waals surface area contributed by atoms with E-state index in [1.165, 1.54) is 6.26 Å². The Morgan fingerprint density at radius 2 is 2.19 bits per heavy atom. The van der Waals surface area contributed by atoms with Crippen molar-refractivity contribution in [3.63, 3.8) is 0 Å². The van der Waals surface area contributed by atoms with Gasteiger partial charge >= 0.3 is 0 Å². The molecule has 0 fully saturated rings. The van der Waals surface area contributed by atoms with Gasteiger partial charge in [-0.2, -0.15) is 4.98 Å². The molecular formula is C13H17N3O4S. The van der Waals surface area contributed by atoms with Crippen LogP contribution in [-0.2, 0) is 16.3 Å². The maximum atomic E-state index is 11.1. The van der Waals surface area contributed by atoms with Gasteiger partial charge in [0.25, 0.3) is 0 Å². The largest absolute Gasteiger partial charge is 0.477 e. The first-order valence-corrected chi connectivity index (χ1v) is 8.64. The molecule has 0 aromatic carbocycles. The highest BCUT2D eigenvalue weighted by atomic mass is 32.2. The third-order valence-corrected chi connectivity index (χ3v) is 3.70. The summed E-state index contributed by atoms with van der Waals surface area (Å²) in [7, 11) is -2.97. The Kier molecular flexibility index (Phi) is 4.89. The molecule has 7 nitrogen and oxygen atoms in total. The quantitative estimate of drug-likeness (QED) is 0.764. The van der Waals surface area contributed by atoms with Crippen LogP contribution >= 0.6 is 0 Å². The van der Waals surface area contributed by atoms with Crippen LogP contribution in [0.5, 0.6) is 5.88 Å². The summed E-state index contributed by atoms with van der Waals surface area (Å²) in [5.74, 6) is 1.34. The van der Waals surface area contributed by atoms with Crippen molar-refractivity contribution in [1.29, 1.82) is 0 Å². The molecule has 21 heavy (non-hydrogen) atoms. The zero-order valence-electron chi connectivity index (χ0n) is 11.9. The monoisotopic (exact) mass is 311 g/mol. The number of hydrogen-bond acceptors (Lipinski definition) is 7. The normalized spacial score (nSPS) is 11.5. The summed E-state index contributed by atoms with van der Waals surface area (Å²) in [5, 5.41) is 3.89. The van der Waals surface area contributed by atoms with Crippen molar-refractivity contribution in [3.8, 4) is 17.3 Å². The Morgan fingerprint density at radius 1 is 1.38 bits per heavy atom. The van der Waals surface area contributed by atoms with Gasteiger partial charge in [-0.3, -0.25) is 0 Å². The molecule has 0 spiro atoms. The summed E-state index contributed by atoms with van der Waals surface area (Å²) in [6, 6.07) is 3.56. The number of nitrogens with zero attached hydrogens (tertiary/aromatic N) is 3. The lowest BCUT2D eigenvalue weighted by Gasteiger charge is -2.04. The lowest BCUT2D eigenvalue weighted by atomic mass is 10.2. The van der Waals surface area contributed by atoms with E-state index in [9.17, 15) is 8.42 Å². The Balaban J connectivity index is 2.09. The van der Waals surface area contributed by atoms with E-state index in [1.54, 1.807) is 18.3 Å². The van der Waals surface area contributed by atoms with Crippen molar-refractivity contribution in [2.45, 2.75) is 19.8 Å². The molecule has 0 saturated carbocycles. The second-order valence-corrected chi connectivity index (χ2v) is 6.79. The fourth-order valence-electron chi connectivity index (χ4n) is 1.76. The van der Waals surface area contributed by atoms with Crippen LogP contribution in [0.25, 0.3) is 11.4 Å². The molecule has 0 aliphatic rings. The highest BCUT2D eigenvalue weighted by Gasteiger charge is 2.14. The van der Waals surface area contributed by atoms with Gasteiger partial charge in [0, 0.05) is 18.9 Å². The molecule has 0 bridgehead atoms. The predicted octanol–water partition coefficient (Wildman–Crippen LogP) is 1.51. The van der Waals surface area contributed by atoms with E-state index in [1.807, 2.05) is 6.92 Å². The summed E-state index contributed by atoms with van der Waals surface area (Å²) in [4.78, 5) is 8.38. The molecule has 2 heterocycles. The van der Waals surface area contributed by atoms with E-state index < -0.39 is 9.84 Å². The fourth-order valence-corrected chi connectivity index (χ4v) is 2.43. The van der Waals surface area contributed by atoms with Crippen LogP contribution in [0.3, 0.4) is 0 Å². The lowest BCUT2D eigenvalue weighted by molar-refractivity contribution is 0.327. The number of aromatic nitrogens is 3. The van der Waals surface area contributed by atoms with E-state index in [0.717, 1.165) is 0 Å². The molecule has 0 radical (unpaired) electrons. The molecule has 114 valence electrons. The maximum Gasteiger partial charge on any atom is 0.226 e. The second kappa shape index (κ2) is 6.66. The number of rotatable bonds is 7. The third kappa shape index (κ3) is 4.52. The van der Waals surface area contributed by atoms with Crippen LogP contribution in [0.4, 0.5) is 0 Å². The standard InChI is InChI=1S/C13H17N3O4S/c1-3-19-13-10(6-4-8-14-13)12-15-11(20-16-12)7-5-9-21(2,17)18/h4,6,8H,3,5,7,9H2,1-2H3. The van der Waals surface area contributed by atoms with Crippen LogP contribution in [0, 0.1) is 0 Å². The van der Waals surface area contributed by atoms with Gasteiger partial charge in [-0.1, -0.05) is 5.16 Å². The molecule has 2 rings (SSSR count). The smallest absolute Gasteiger partial charge is 0.226 e. The molecule has 8 heteroatoms. The van der Waals surface area contributed by atoms with E-state index in [-0.39, 0.29) is 5.75 Å². The van der Waals surface area contributed by atoms with Crippen molar-refractivity contribution in [2.75, 3.05) is 18.6 Å². The molecule has 0 aliphatic heterocycles. The van der Waals surface area contributed by atoms with Gasteiger partial charge in [0.1, 0.15) is 9.84 Å². The van der Waals surface area contributed by atoms with E-state index in [0.29, 0.717) is 42.6 Å². The molecule has 0 aliphatic carbocycles. The Bertz CT molecular complexity index is 697. The van der Waals surface area contributed by atoms with Crippen LogP contribution in [0.2, 0.25) is 0 Å². The predicted molar refractivity (Wildman–Crippen MR) is 76.7 cm³/mol. The van der Waals surface area contributed by atoms with Gasteiger partial charge in [0.15, 0.2) is 0 Å². The molecule has 2 aromatic rings. The Morgan fingerprint density at radius 3 is 2.90 bits per heavy atom. The highest BCUT2D eigenvalue weighted by Crippen LogP contribution is 2.25. The maximum absolute atomic E-state index is 11.1. The minimum Gasteiger partial charge on any atom is -0.477 e. The van der Waals surface area contributed by atoms with Crippen molar-refractivity contribution >= 4 is 9.84 Å². The summed E-state index contributed by atoms with van der Waals surface area (Å²) in [6.07, 6.45) is 3.70. The van der Waals surface area contributed by atoms with Crippen LogP contribution < -0.4 is 4.74 Å². The van der Waals surface area contributed by atoms with Gasteiger partial charge in [-0.05, 0) is 25.5 Å². The number of hydrogen-bond donors (Lipinski definition) is 0.